The Hall–Kier alpha value is -2.33. The van der Waals surface area contributed by atoms with Gasteiger partial charge in [0.05, 0.1) is 6.10 Å². The number of amides is 1. The normalized spacial score (nSPS) is 11.9. The van der Waals surface area contributed by atoms with Gasteiger partial charge in [-0.15, -0.1) is 0 Å². The van der Waals surface area contributed by atoms with E-state index >= 15 is 0 Å². The van der Waals surface area contributed by atoms with Crippen LogP contribution in [0, 0.1) is 0 Å². The Morgan fingerprint density at radius 3 is 2.25 bits per heavy atom. The van der Waals surface area contributed by atoms with Crippen molar-refractivity contribution in [3.63, 3.8) is 0 Å². The number of hydrogen-bond donors (Lipinski definition) is 2. The zero-order chi connectivity index (χ0) is 20.2. The Morgan fingerprint density at radius 1 is 0.929 bits per heavy atom. The van der Waals surface area contributed by atoms with Gasteiger partial charge in [-0.2, -0.15) is 0 Å². The van der Waals surface area contributed by atoms with Crippen LogP contribution in [-0.2, 0) is 13.0 Å². The summed E-state index contributed by atoms with van der Waals surface area (Å²) < 4.78 is 0. The molecule has 2 N–H and O–H groups in total. The number of unbranched alkanes of at least 4 members (excludes halogenated alkanes) is 3. The van der Waals surface area contributed by atoms with Gasteiger partial charge in [0, 0.05) is 13.1 Å². The summed E-state index contributed by atoms with van der Waals surface area (Å²) in [6.07, 6.45) is 5.42. The maximum Gasteiger partial charge on any atom is 0.407 e. The van der Waals surface area contributed by atoms with Crippen LogP contribution in [0.5, 0.6) is 0 Å². The molecule has 28 heavy (non-hydrogen) atoms. The third kappa shape index (κ3) is 7.73. The summed E-state index contributed by atoms with van der Waals surface area (Å²) in [5.41, 5.74) is 3.28. The fraction of sp³-hybridized carbons (Fsp3) is 0.458. The van der Waals surface area contributed by atoms with E-state index in [0.29, 0.717) is 19.5 Å². The Morgan fingerprint density at radius 2 is 1.61 bits per heavy atom. The molecule has 152 valence electrons. The minimum Gasteiger partial charge on any atom is -0.465 e. The van der Waals surface area contributed by atoms with Crippen molar-refractivity contribution in [1.29, 1.82) is 0 Å². The summed E-state index contributed by atoms with van der Waals surface area (Å²) in [6.45, 7) is 3.13. The average molecular weight is 384 g/mol. The minimum atomic E-state index is -0.876. The largest absolute Gasteiger partial charge is 0.465 e. The molecule has 2 rings (SSSR count). The van der Waals surface area contributed by atoms with Crippen LogP contribution >= 0.6 is 0 Å². The first-order chi connectivity index (χ1) is 13.6. The van der Waals surface area contributed by atoms with Crippen LogP contribution in [0.3, 0.4) is 0 Å². The van der Waals surface area contributed by atoms with Gasteiger partial charge in [-0.05, 0) is 42.4 Å². The second-order valence-electron chi connectivity index (χ2n) is 7.40. The predicted octanol–water partition coefficient (Wildman–Crippen LogP) is 5.80. The van der Waals surface area contributed by atoms with E-state index < -0.39 is 12.2 Å². The lowest BCUT2D eigenvalue weighted by atomic mass is 10.0. The monoisotopic (exact) mass is 383 g/mol. The first-order valence-corrected chi connectivity index (χ1v) is 10.4. The van der Waals surface area contributed by atoms with Crippen molar-refractivity contribution >= 4 is 6.09 Å². The number of carboxylic acid groups (broad SMARTS) is 1. The smallest absolute Gasteiger partial charge is 0.407 e. The van der Waals surface area contributed by atoms with Gasteiger partial charge in [0.25, 0.3) is 0 Å². The molecule has 0 saturated heterocycles. The van der Waals surface area contributed by atoms with Crippen LogP contribution < -0.4 is 0 Å². The maximum absolute atomic E-state index is 11.6. The molecule has 4 nitrogen and oxygen atoms in total. The Labute approximate surface area is 168 Å². The molecule has 4 heteroatoms. The van der Waals surface area contributed by atoms with Crippen molar-refractivity contribution < 1.29 is 15.0 Å². The molecule has 0 spiro atoms. The molecule has 2 aromatic carbocycles. The van der Waals surface area contributed by atoms with E-state index in [1.165, 1.54) is 23.3 Å². The van der Waals surface area contributed by atoms with E-state index in [0.717, 1.165) is 36.8 Å². The highest BCUT2D eigenvalue weighted by atomic mass is 16.4. The third-order valence-electron chi connectivity index (χ3n) is 5.08. The minimum absolute atomic E-state index is 0.427. The number of rotatable bonds is 12. The van der Waals surface area contributed by atoms with Gasteiger partial charge in [-0.3, -0.25) is 0 Å². The van der Waals surface area contributed by atoms with Crippen LogP contribution in [0.25, 0.3) is 0 Å². The molecule has 0 heterocycles. The molecule has 0 radical (unpaired) electrons. The molecule has 0 aliphatic rings. The van der Waals surface area contributed by atoms with Crippen molar-refractivity contribution in [2.75, 3.05) is 6.54 Å². The van der Waals surface area contributed by atoms with Gasteiger partial charge < -0.3 is 15.1 Å². The summed E-state index contributed by atoms with van der Waals surface area (Å²) in [6, 6.07) is 18.0. The van der Waals surface area contributed by atoms with Gasteiger partial charge in [-0.1, -0.05) is 80.8 Å². The molecular formula is C24H33NO3. The Bertz CT molecular complexity index is 685. The number of aliphatic hydroxyl groups is 1. The van der Waals surface area contributed by atoms with Gasteiger partial charge in [-0.25, -0.2) is 4.79 Å². The molecule has 0 aliphatic carbocycles. The van der Waals surface area contributed by atoms with E-state index in [1.807, 2.05) is 42.5 Å². The molecule has 0 fully saturated rings. The van der Waals surface area contributed by atoms with Gasteiger partial charge in [0.1, 0.15) is 0 Å². The summed E-state index contributed by atoms with van der Waals surface area (Å²) >= 11 is 0. The van der Waals surface area contributed by atoms with Gasteiger partial charge >= 0.3 is 6.09 Å². The quantitative estimate of drug-likeness (QED) is 0.455. The molecule has 0 saturated carbocycles. The lowest BCUT2D eigenvalue weighted by Crippen LogP contribution is -2.29. The molecule has 1 unspecified atom stereocenters. The second-order valence-corrected chi connectivity index (χ2v) is 7.40. The van der Waals surface area contributed by atoms with Gasteiger partial charge in [0.2, 0.25) is 0 Å². The lowest BCUT2D eigenvalue weighted by molar-refractivity contribution is 0.139. The average Bonchev–Trinajstić information content (AvgIpc) is 2.72. The van der Waals surface area contributed by atoms with Crippen LogP contribution in [0.15, 0.2) is 54.6 Å². The van der Waals surface area contributed by atoms with Gasteiger partial charge in [0.15, 0.2) is 0 Å². The highest BCUT2D eigenvalue weighted by Gasteiger charge is 2.12. The first-order valence-electron chi connectivity index (χ1n) is 10.4. The Balaban J connectivity index is 1.71. The fourth-order valence-electron chi connectivity index (χ4n) is 3.31. The van der Waals surface area contributed by atoms with Crippen molar-refractivity contribution in [3.05, 3.63) is 71.3 Å². The van der Waals surface area contributed by atoms with E-state index in [-0.39, 0.29) is 0 Å². The highest BCUT2D eigenvalue weighted by molar-refractivity contribution is 5.65. The van der Waals surface area contributed by atoms with E-state index in [9.17, 15) is 15.0 Å². The van der Waals surface area contributed by atoms with Crippen LogP contribution in [0.4, 0.5) is 4.79 Å². The van der Waals surface area contributed by atoms with Crippen LogP contribution in [-0.4, -0.2) is 27.8 Å². The summed E-state index contributed by atoms with van der Waals surface area (Å²) in [5.74, 6) is 0. The zero-order valence-corrected chi connectivity index (χ0v) is 16.9. The van der Waals surface area contributed by atoms with Crippen LogP contribution in [0.2, 0.25) is 0 Å². The zero-order valence-electron chi connectivity index (χ0n) is 16.9. The third-order valence-corrected chi connectivity index (χ3v) is 5.08. The first kappa shape index (κ1) is 22.0. The topological polar surface area (TPSA) is 60.8 Å². The van der Waals surface area contributed by atoms with Crippen molar-refractivity contribution in [2.45, 2.75) is 64.5 Å². The molecule has 2 aromatic rings. The second kappa shape index (κ2) is 12.2. The van der Waals surface area contributed by atoms with E-state index in [4.69, 9.17) is 0 Å². The summed E-state index contributed by atoms with van der Waals surface area (Å²) in [4.78, 5) is 13.0. The SMILES string of the molecule is CCCCc1ccc(CN(CCCCCC(O)c2ccccc2)C(=O)O)cc1. The molecule has 0 aliphatic heterocycles. The van der Waals surface area contributed by atoms with Crippen LogP contribution in [0.1, 0.15) is 68.2 Å². The number of benzene rings is 2. The summed E-state index contributed by atoms with van der Waals surface area (Å²) in [7, 11) is 0. The predicted molar refractivity (Wildman–Crippen MR) is 113 cm³/mol. The highest BCUT2D eigenvalue weighted by Crippen LogP contribution is 2.19. The fourth-order valence-corrected chi connectivity index (χ4v) is 3.31. The Kier molecular flexibility index (Phi) is 9.56. The summed E-state index contributed by atoms with van der Waals surface area (Å²) in [5, 5.41) is 19.7. The maximum atomic E-state index is 11.6. The van der Waals surface area contributed by atoms with Crippen molar-refractivity contribution in [2.24, 2.45) is 0 Å². The van der Waals surface area contributed by atoms with Crippen molar-refractivity contribution in [3.8, 4) is 0 Å². The standard InChI is InChI=1S/C24H33NO3/c1-2-3-10-20-14-16-21(17-15-20)19-25(24(27)28)18-9-5-8-13-23(26)22-11-6-4-7-12-22/h4,6-7,11-12,14-17,23,26H,2-3,5,8-10,13,18-19H2,1H3,(H,27,28). The molecular weight excluding hydrogens is 350 g/mol. The molecule has 1 amide bonds. The molecule has 1 atom stereocenters. The number of nitrogens with zero attached hydrogens (tertiary/aromatic N) is 1. The van der Waals surface area contributed by atoms with E-state index in [2.05, 4.69) is 19.1 Å². The van der Waals surface area contributed by atoms with Crippen molar-refractivity contribution in [1.82, 2.24) is 4.90 Å². The van der Waals surface area contributed by atoms with E-state index in [1.54, 1.807) is 0 Å². The number of carbonyl (C=O) groups is 1. The number of aliphatic hydroxyl groups excluding tert-OH is 1. The number of aryl methyl sites for hydroxylation is 1. The molecule has 0 bridgehead atoms. The molecule has 0 aromatic heterocycles. The number of hydrogen-bond acceptors (Lipinski definition) is 2. The lowest BCUT2D eigenvalue weighted by Gasteiger charge is -2.19.